The Labute approximate surface area is 40.5 Å². The predicted octanol–water partition coefficient (Wildman–Crippen LogP) is -0.621. The van der Waals surface area contributed by atoms with Crippen molar-refractivity contribution in [3.63, 3.8) is 0 Å². The van der Waals surface area contributed by atoms with E-state index >= 15 is 0 Å². The normalized spacial score (nSPS) is 18.9. The second-order valence-corrected chi connectivity index (χ2v) is 1.23. The van der Waals surface area contributed by atoms with Crippen LogP contribution in [-0.4, -0.2) is 16.9 Å². The van der Waals surface area contributed by atoms with E-state index in [1.54, 1.807) is 0 Å². The number of aliphatic hydroxyl groups excluding tert-OH is 2. The first-order valence-corrected chi connectivity index (χ1v) is 1.90. The Balaban J connectivity index is 2.64. The largest absolute Gasteiger partial charge is 0.491 e. The summed E-state index contributed by atoms with van der Waals surface area (Å²) in [5, 5.41) is 21.8. The van der Waals surface area contributed by atoms with Crippen molar-refractivity contribution in [1.29, 1.82) is 0 Å². The van der Waals surface area contributed by atoms with Gasteiger partial charge < -0.3 is 20.8 Å². The third-order valence-corrected chi connectivity index (χ3v) is 0.736. The summed E-state index contributed by atoms with van der Waals surface area (Å²) < 4.78 is 0. The first kappa shape index (κ1) is 4.11. The fraction of sp³-hybridized carbons (Fsp3) is 0.333. The molecular weight excluding hydrogens is 96.0 g/mol. The molecule has 0 aromatic rings. The summed E-state index contributed by atoms with van der Waals surface area (Å²) in [6.45, 7) is 0.400. The molecule has 0 radical (unpaired) electrons. The van der Waals surface area contributed by atoms with Crippen LogP contribution in [0.25, 0.3) is 0 Å². The van der Waals surface area contributed by atoms with Crippen LogP contribution in [0, 0.1) is 0 Å². The van der Waals surface area contributed by atoms with Crippen LogP contribution in [0.4, 0.5) is 0 Å². The summed E-state index contributed by atoms with van der Waals surface area (Å²) >= 11 is 0. The Morgan fingerprint density at radius 2 is 1.57 bits per heavy atom. The molecule has 4 N–H and O–H groups in total. The Kier molecular flexibility index (Phi) is 0.714. The van der Waals surface area contributed by atoms with Gasteiger partial charge in [0.1, 0.15) is 0 Å². The maximum atomic E-state index is 8.45. The topological polar surface area (TPSA) is 64.5 Å². The third-order valence-electron chi connectivity index (χ3n) is 0.736. The molecule has 7 heavy (non-hydrogen) atoms. The van der Waals surface area contributed by atoms with Crippen molar-refractivity contribution >= 4 is 0 Å². The molecule has 0 aromatic heterocycles. The molecule has 1 rings (SSSR count). The van der Waals surface area contributed by atoms with E-state index in [2.05, 4.69) is 10.6 Å². The summed E-state index contributed by atoms with van der Waals surface area (Å²) in [7, 11) is 0. The lowest BCUT2D eigenvalue weighted by molar-refractivity contribution is 0.313. The van der Waals surface area contributed by atoms with Gasteiger partial charge in [-0.15, -0.1) is 0 Å². The second-order valence-electron chi connectivity index (χ2n) is 1.23. The van der Waals surface area contributed by atoms with E-state index in [9.17, 15) is 0 Å². The molecule has 4 nitrogen and oxygen atoms in total. The highest BCUT2D eigenvalue weighted by atomic mass is 16.3. The van der Waals surface area contributed by atoms with E-state index in [0.717, 1.165) is 0 Å². The molecular formula is C3H6N2O2. The van der Waals surface area contributed by atoms with Crippen LogP contribution in [0.1, 0.15) is 0 Å². The van der Waals surface area contributed by atoms with Gasteiger partial charge in [-0.3, -0.25) is 0 Å². The number of hydrogen-bond acceptors (Lipinski definition) is 4. The average molecular weight is 102 g/mol. The van der Waals surface area contributed by atoms with Gasteiger partial charge in [-0.2, -0.15) is 0 Å². The van der Waals surface area contributed by atoms with E-state index < -0.39 is 0 Å². The van der Waals surface area contributed by atoms with Crippen molar-refractivity contribution in [3.05, 3.63) is 11.8 Å². The second kappa shape index (κ2) is 1.22. The van der Waals surface area contributed by atoms with Gasteiger partial charge >= 0.3 is 0 Å². The van der Waals surface area contributed by atoms with E-state index in [-0.39, 0.29) is 11.8 Å². The maximum Gasteiger partial charge on any atom is 0.247 e. The summed E-state index contributed by atoms with van der Waals surface area (Å²) in [5.41, 5.74) is 0. The molecule has 40 valence electrons. The minimum Gasteiger partial charge on any atom is -0.491 e. The van der Waals surface area contributed by atoms with Gasteiger partial charge in [-0.05, 0) is 0 Å². The van der Waals surface area contributed by atoms with Crippen molar-refractivity contribution in [3.8, 4) is 0 Å². The lowest BCUT2D eigenvalue weighted by atomic mass is 10.8. The quantitative estimate of drug-likeness (QED) is 0.329. The smallest absolute Gasteiger partial charge is 0.247 e. The van der Waals surface area contributed by atoms with Gasteiger partial charge in [0.15, 0.2) is 0 Å². The molecule has 0 saturated heterocycles. The maximum absolute atomic E-state index is 8.45. The standard InChI is InChI=1S/C3H6N2O2/c6-2-3(7)5-1-4-2/h4-7H,1H2. The molecule has 0 bridgehead atoms. The Morgan fingerprint density at radius 1 is 1.14 bits per heavy atom. The average Bonchev–Trinajstić information content (AvgIpc) is 1.91. The van der Waals surface area contributed by atoms with Gasteiger partial charge in [0.2, 0.25) is 11.8 Å². The molecule has 0 aliphatic carbocycles. The first-order chi connectivity index (χ1) is 3.30. The highest BCUT2D eigenvalue weighted by Crippen LogP contribution is 1.92. The molecule has 4 heteroatoms. The van der Waals surface area contributed by atoms with Gasteiger partial charge in [0, 0.05) is 0 Å². The predicted molar refractivity (Wildman–Crippen MR) is 23.4 cm³/mol. The lowest BCUT2D eigenvalue weighted by Crippen LogP contribution is -2.14. The number of nitrogens with one attached hydrogen (secondary N) is 2. The summed E-state index contributed by atoms with van der Waals surface area (Å²) in [6.07, 6.45) is 0. The lowest BCUT2D eigenvalue weighted by Gasteiger charge is -1.85. The fourth-order valence-electron chi connectivity index (χ4n) is 0.379. The number of aliphatic hydroxyl groups is 2. The van der Waals surface area contributed by atoms with Gasteiger partial charge in [-0.25, -0.2) is 0 Å². The Bertz CT molecular complexity index is 97.5. The molecule has 0 unspecified atom stereocenters. The zero-order chi connectivity index (χ0) is 5.28. The van der Waals surface area contributed by atoms with Gasteiger partial charge in [0.25, 0.3) is 0 Å². The molecule has 0 aromatic carbocycles. The van der Waals surface area contributed by atoms with Gasteiger partial charge in [-0.1, -0.05) is 0 Å². The van der Waals surface area contributed by atoms with E-state index in [4.69, 9.17) is 10.2 Å². The van der Waals surface area contributed by atoms with E-state index in [0.29, 0.717) is 6.67 Å². The molecule has 1 heterocycles. The van der Waals surface area contributed by atoms with Crippen LogP contribution in [0.3, 0.4) is 0 Å². The molecule has 0 amide bonds. The Hall–Kier alpha value is -1.06. The molecule has 0 atom stereocenters. The highest BCUT2D eigenvalue weighted by Gasteiger charge is 2.07. The van der Waals surface area contributed by atoms with Crippen LogP contribution in [0.5, 0.6) is 0 Å². The molecule has 1 aliphatic heterocycles. The van der Waals surface area contributed by atoms with Crippen LogP contribution in [0.2, 0.25) is 0 Å². The van der Waals surface area contributed by atoms with Gasteiger partial charge in [0.05, 0.1) is 6.67 Å². The van der Waals surface area contributed by atoms with Crippen molar-refractivity contribution in [1.82, 2.24) is 10.6 Å². The van der Waals surface area contributed by atoms with Crippen LogP contribution < -0.4 is 10.6 Å². The fourth-order valence-corrected chi connectivity index (χ4v) is 0.379. The van der Waals surface area contributed by atoms with E-state index in [1.807, 2.05) is 0 Å². The zero-order valence-electron chi connectivity index (χ0n) is 3.60. The van der Waals surface area contributed by atoms with Crippen molar-refractivity contribution in [2.45, 2.75) is 0 Å². The van der Waals surface area contributed by atoms with Crippen molar-refractivity contribution in [2.75, 3.05) is 6.67 Å². The zero-order valence-corrected chi connectivity index (χ0v) is 3.60. The minimum atomic E-state index is -0.181. The number of rotatable bonds is 0. The monoisotopic (exact) mass is 102 g/mol. The van der Waals surface area contributed by atoms with Crippen LogP contribution in [-0.2, 0) is 0 Å². The van der Waals surface area contributed by atoms with Crippen LogP contribution >= 0.6 is 0 Å². The highest BCUT2D eigenvalue weighted by molar-refractivity contribution is 4.99. The molecule has 0 fully saturated rings. The molecule has 0 spiro atoms. The summed E-state index contributed by atoms with van der Waals surface area (Å²) in [6, 6.07) is 0. The van der Waals surface area contributed by atoms with E-state index in [1.165, 1.54) is 0 Å². The Morgan fingerprint density at radius 3 is 1.71 bits per heavy atom. The summed E-state index contributed by atoms with van der Waals surface area (Å²) in [5.74, 6) is -0.361. The minimum absolute atomic E-state index is 0.181. The third kappa shape index (κ3) is 0.534. The van der Waals surface area contributed by atoms with Crippen LogP contribution in [0.15, 0.2) is 11.8 Å². The SMILES string of the molecule is OC1=C(O)NCN1. The van der Waals surface area contributed by atoms with Crippen molar-refractivity contribution < 1.29 is 10.2 Å². The number of hydrogen-bond donors (Lipinski definition) is 4. The summed E-state index contributed by atoms with van der Waals surface area (Å²) in [4.78, 5) is 0. The molecule has 1 aliphatic rings. The molecule has 0 saturated carbocycles. The van der Waals surface area contributed by atoms with Crippen molar-refractivity contribution in [2.24, 2.45) is 0 Å². The first-order valence-electron chi connectivity index (χ1n) is 1.90.